The van der Waals surface area contributed by atoms with Gasteiger partial charge in [-0.05, 0) is 18.4 Å². The van der Waals surface area contributed by atoms with Crippen molar-refractivity contribution in [2.45, 2.75) is 37.2 Å². The number of hydrogen-bond acceptors (Lipinski definition) is 5. The van der Waals surface area contributed by atoms with Gasteiger partial charge < -0.3 is 9.30 Å². The van der Waals surface area contributed by atoms with Gasteiger partial charge in [0.1, 0.15) is 12.7 Å². The van der Waals surface area contributed by atoms with E-state index in [2.05, 4.69) is 43.9 Å². The number of benzene rings is 1. The van der Waals surface area contributed by atoms with Crippen molar-refractivity contribution in [2.24, 2.45) is 0 Å². The zero-order chi connectivity index (χ0) is 16.9. The van der Waals surface area contributed by atoms with E-state index in [1.54, 1.807) is 24.4 Å². The summed E-state index contributed by atoms with van der Waals surface area (Å²) in [6.07, 6.45) is 7.84. The molecule has 2 aromatic heterocycles. The van der Waals surface area contributed by atoms with Gasteiger partial charge in [0.2, 0.25) is 0 Å². The Morgan fingerprint density at radius 1 is 1.24 bits per heavy atom. The summed E-state index contributed by atoms with van der Waals surface area (Å²) in [6.45, 7) is 2.54. The van der Waals surface area contributed by atoms with Gasteiger partial charge >= 0.3 is 0 Å². The normalized spacial score (nSPS) is 17.2. The van der Waals surface area contributed by atoms with Crippen LogP contribution >= 0.6 is 11.8 Å². The molecule has 25 heavy (non-hydrogen) atoms. The molecule has 0 aliphatic carbocycles. The average molecular weight is 355 g/mol. The summed E-state index contributed by atoms with van der Waals surface area (Å²) in [5.41, 5.74) is 2.34. The Morgan fingerprint density at radius 2 is 2.16 bits per heavy atom. The third-order valence-electron chi connectivity index (χ3n) is 4.32. The number of thioether (sulfide) groups is 1. The molecule has 1 fully saturated rings. The van der Waals surface area contributed by atoms with Crippen LogP contribution in [0.5, 0.6) is 0 Å². The zero-order valence-electron chi connectivity index (χ0n) is 14.0. The van der Waals surface area contributed by atoms with Crippen LogP contribution in [0.3, 0.4) is 0 Å². The van der Waals surface area contributed by atoms with E-state index in [4.69, 9.17) is 4.74 Å². The van der Waals surface area contributed by atoms with E-state index in [0.717, 1.165) is 49.1 Å². The molecule has 1 aromatic carbocycles. The molecule has 3 heterocycles. The Hall–Kier alpha value is -2.12. The van der Waals surface area contributed by atoms with Crippen molar-refractivity contribution in [1.29, 1.82) is 0 Å². The lowest BCUT2D eigenvalue weighted by atomic mass is 10.1. The van der Waals surface area contributed by atoms with Crippen LogP contribution in [0, 0.1) is 0 Å². The van der Waals surface area contributed by atoms with Crippen molar-refractivity contribution in [3.05, 3.63) is 49.2 Å². The van der Waals surface area contributed by atoms with Crippen LogP contribution < -0.4 is 0 Å². The quantitative estimate of drug-likeness (QED) is 0.610. The molecule has 130 valence electrons. The molecule has 0 saturated carbocycles. The van der Waals surface area contributed by atoms with Crippen LogP contribution in [0.4, 0.5) is 0 Å². The minimum Gasteiger partial charge on any atom is -0.376 e. The van der Waals surface area contributed by atoms with Gasteiger partial charge in [-0.3, -0.25) is 4.68 Å². The summed E-state index contributed by atoms with van der Waals surface area (Å²) in [4.78, 5) is 8.66. The monoisotopic (exact) mass is 355 g/mol. The summed E-state index contributed by atoms with van der Waals surface area (Å²) in [7, 11) is 0. The van der Waals surface area contributed by atoms with Crippen molar-refractivity contribution in [1.82, 2.24) is 24.3 Å². The van der Waals surface area contributed by atoms with Gasteiger partial charge in [0.25, 0.3) is 0 Å². The summed E-state index contributed by atoms with van der Waals surface area (Å²) < 4.78 is 10.0. The standard InChI is InChI=1S/C18H21N5OS/c1-2-5-15(6-3-1)17-11-20-18(23(17)12-16-7-4-9-24-16)25-10-8-22-14-19-13-21-22/h1-3,5-6,11,13-14,16H,4,7-10,12H2/t16-/m1/s1. The highest BCUT2D eigenvalue weighted by molar-refractivity contribution is 7.99. The molecule has 1 aliphatic heterocycles. The Bertz CT molecular complexity index is 781. The summed E-state index contributed by atoms with van der Waals surface area (Å²) in [5, 5.41) is 5.19. The first-order valence-corrected chi connectivity index (χ1v) is 9.56. The number of imidazole rings is 1. The van der Waals surface area contributed by atoms with Gasteiger partial charge in [-0.1, -0.05) is 42.1 Å². The molecule has 3 aromatic rings. The first-order chi connectivity index (χ1) is 12.4. The summed E-state index contributed by atoms with van der Waals surface area (Å²) in [6, 6.07) is 10.4. The first kappa shape index (κ1) is 16.4. The fraction of sp³-hybridized carbons (Fsp3) is 0.389. The lowest BCUT2D eigenvalue weighted by Gasteiger charge is -2.16. The van der Waals surface area contributed by atoms with Crippen LogP contribution in [-0.4, -0.2) is 42.8 Å². The molecule has 0 radical (unpaired) electrons. The second-order valence-corrected chi connectivity index (χ2v) is 7.11. The Morgan fingerprint density at radius 3 is 2.92 bits per heavy atom. The second kappa shape index (κ2) is 7.84. The molecule has 1 saturated heterocycles. The van der Waals surface area contributed by atoms with Crippen molar-refractivity contribution in [3.8, 4) is 11.3 Å². The molecule has 1 atom stereocenters. The van der Waals surface area contributed by atoms with Crippen LogP contribution in [0.1, 0.15) is 12.8 Å². The van der Waals surface area contributed by atoms with Crippen molar-refractivity contribution in [3.63, 3.8) is 0 Å². The minimum absolute atomic E-state index is 0.284. The highest BCUT2D eigenvalue weighted by Gasteiger charge is 2.20. The van der Waals surface area contributed by atoms with E-state index in [9.17, 15) is 0 Å². The Balaban J connectivity index is 1.53. The van der Waals surface area contributed by atoms with Crippen molar-refractivity contribution in [2.75, 3.05) is 12.4 Å². The number of hydrogen-bond donors (Lipinski definition) is 0. The van der Waals surface area contributed by atoms with E-state index in [1.807, 2.05) is 16.9 Å². The number of nitrogens with zero attached hydrogens (tertiary/aromatic N) is 5. The fourth-order valence-electron chi connectivity index (χ4n) is 3.06. The Kier molecular flexibility index (Phi) is 5.13. The zero-order valence-corrected chi connectivity index (χ0v) is 14.8. The molecule has 0 N–H and O–H groups in total. The number of rotatable bonds is 7. The molecule has 7 heteroatoms. The van der Waals surface area contributed by atoms with E-state index in [-0.39, 0.29) is 6.10 Å². The second-order valence-electron chi connectivity index (χ2n) is 6.04. The number of aryl methyl sites for hydroxylation is 1. The largest absolute Gasteiger partial charge is 0.376 e. The maximum absolute atomic E-state index is 5.86. The van der Waals surface area contributed by atoms with Gasteiger partial charge in [0, 0.05) is 12.4 Å². The van der Waals surface area contributed by atoms with Crippen LogP contribution in [0.15, 0.2) is 54.3 Å². The maximum atomic E-state index is 5.86. The highest BCUT2D eigenvalue weighted by atomic mass is 32.2. The smallest absolute Gasteiger partial charge is 0.168 e. The van der Waals surface area contributed by atoms with Crippen LogP contribution in [0.25, 0.3) is 11.3 Å². The fourth-order valence-corrected chi connectivity index (χ4v) is 3.98. The molecule has 0 amide bonds. The van der Waals surface area contributed by atoms with E-state index < -0.39 is 0 Å². The van der Waals surface area contributed by atoms with Crippen molar-refractivity contribution >= 4 is 11.8 Å². The summed E-state index contributed by atoms with van der Waals surface area (Å²) >= 11 is 1.75. The van der Waals surface area contributed by atoms with Gasteiger partial charge in [-0.25, -0.2) is 9.97 Å². The van der Waals surface area contributed by atoms with Gasteiger partial charge in [-0.2, -0.15) is 5.10 Å². The predicted octanol–water partition coefficient (Wildman–Crippen LogP) is 3.11. The van der Waals surface area contributed by atoms with Gasteiger partial charge in [0.05, 0.1) is 31.1 Å². The predicted molar refractivity (Wildman–Crippen MR) is 97.4 cm³/mol. The molecule has 0 bridgehead atoms. The minimum atomic E-state index is 0.284. The first-order valence-electron chi connectivity index (χ1n) is 8.58. The van der Waals surface area contributed by atoms with Gasteiger partial charge in [0.15, 0.2) is 5.16 Å². The SMILES string of the molecule is c1ccc(-c2cnc(SCCn3cncn3)n2C[C@H]2CCCO2)cc1. The molecular formula is C18H21N5OS. The van der Waals surface area contributed by atoms with E-state index in [0.29, 0.717) is 0 Å². The average Bonchev–Trinajstić information content (AvgIpc) is 3.39. The molecule has 4 rings (SSSR count). The molecule has 0 unspecified atom stereocenters. The lowest BCUT2D eigenvalue weighted by Crippen LogP contribution is -2.16. The number of ether oxygens (including phenoxy) is 1. The topological polar surface area (TPSA) is 57.8 Å². The maximum Gasteiger partial charge on any atom is 0.168 e. The van der Waals surface area contributed by atoms with Gasteiger partial charge in [-0.15, -0.1) is 0 Å². The molecular weight excluding hydrogens is 334 g/mol. The van der Waals surface area contributed by atoms with E-state index >= 15 is 0 Å². The van der Waals surface area contributed by atoms with E-state index in [1.165, 1.54) is 5.56 Å². The highest BCUT2D eigenvalue weighted by Crippen LogP contribution is 2.28. The lowest BCUT2D eigenvalue weighted by molar-refractivity contribution is 0.0954. The van der Waals surface area contributed by atoms with Crippen molar-refractivity contribution < 1.29 is 4.74 Å². The molecule has 6 nitrogen and oxygen atoms in total. The summed E-state index contributed by atoms with van der Waals surface area (Å²) in [5.74, 6) is 0.903. The molecule has 0 spiro atoms. The third-order valence-corrected chi connectivity index (χ3v) is 5.29. The molecule has 1 aliphatic rings. The van der Waals surface area contributed by atoms with Crippen LogP contribution in [-0.2, 0) is 17.8 Å². The van der Waals surface area contributed by atoms with Crippen LogP contribution in [0.2, 0.25) is 0 Å². The number of aromatic nitrogens is 5. The third kappa shape index (κ3) is 3.93. The Labute approximate surface area is 151 Å².